The van der Waals surface area contributed by atoms with Gasteiger partial charge in [0.05, 0.1) is 12.5 Å². The van der Waals surface area contributed by atoms with E-state index in [4.69, 9.17) is 9.47 Å². The summed E-state index contributed by atoms with van der Waals surface area (Å²) in [6.45, 7) is 8.51. The highest BCUT2D eigenvalue weighted by atomic mass is 16.6. The standard InChI is InChI=1S/C23H29N3O4/c1-4-26(5-2)18-6-7-19-16(3)20(22(27)30-21(19)14-18)10-13-29-23(28)25-15-17-8-11-24-12-9-17/h6-9,11-12,14,16,20H,4-5,10,13,15H2,1-3H3,(H,25,28). The maximum Gasteiger partial charge on any atom is 0.407 e. The second-order valence-electron chi connectivity index (χ2n) is 7.34. The number of nitrogens with zero attached hydrogens (tertiary/aromatic N) is 2. The Labute approximate surface area is 177 Å². The number of esters is 1. The molecule has 1 aliphatic heterocycles. The molecule has 3 rings (SSSR count). The van der Waals surface area contributed by atoms with Gasteiger partial charge in [-0.05, 0) is 55.5 Å². The molecule has 1 aromatic heterocycles. The summed E-state index contributed by atoms with van der Waals surface area (Å²) in [5.74, 6) is 0.0111. The lowest BCUT2D eigenvalue weighted by Gasteiger charge is -2.31. The second-order valence-corrected chi connectivity index (χ2v) is 7.34. The topological polar surface area (TPSA) is 80.8 Å². The molecule has 1 aliphatic rings. The number of nitrogens with one attached hydrogen (secondary N) is 1. The minimum absolute atomic E-state index is 0.00418. The molecular formula is C23H29N3O4. The van der Waals surface area contributed by atoms with E-state index in [-0.39, 0.29) is 24.4 Å². The molecule has 2 atom stereocenters. The van der Waals surface area contributed by atoms with Gasteiger partial charge in [-0.1, -0.05) is 13.0 Å². The number of aromatic nitrogens is 1. The number of pyridine rings is 1. The van der Waals surface area contributed by atoms with Crippen molar-refractivity contribution in [2.45, 2.75) is 39.7 Å². The Morgan fingerprint density at radius 3 is 2.63 bits per heavy atom. The molecule has 0 fully saturated rings. The molecule has 0 aliphatic carbocycles. The molecule has 0 saturated carbocycles. The third-order valence-corrected chi connectivity index (χ3v) is 5.58. The van der Waals surface area contributed by atoms with Crippen LogP contribution in [0.2, 0.25) is 0 Å². The molecule has 1 N–H and O–H groups in total. The van der Waals surface area contributed by atoms with E-state index in [1.54, 1.807) is 12.4 Å². The zero-order chi connectivity index (χ0) is 21.5. The summed E-state index contributed by atoms with van der Waals surface area (Å²) in [4.78, 5) is 30.6. The van der Waals surface area contributed by atoms with Crippen LogP contribution in [0.3, 0.4) is 0 Å². The first-order chi connectivity index (χ1) is 14.5. The Balaban J connectivity index is 1.54. The molecule has 2 unspecified atom stereocenters. The number of ether oxygens (including phenoxy) is 2. The van der Waals surface area contributed by atoms with E-state index in [0.717, 1.165) is 29.9 Å². The van der Waals surface area contributed by atoms with Crippen molar-refractivity contribution in [3.05, 3.63) is 53.9 Å². The summed E-state index contributed by atoms with van der Waals surface area (Å²) in [6, 6.07) is 9.69. The summed E-state index contributed by atoms with van der Waals surface area (Å²) in [6.07, 6.45) is 3.25. The molecule has 0 bridgehead atoms. The van der Waals surface area contributed by atoms with E-state index in [9.17, 15) is 9.59 Å². The minimum atomic E-state index is -0.507. The lowest BCUT2D eigenvalue weighted by Crippen LogP contribution is -2.32. The molecule has 0 saturated heterocycles. The highest BCUT2D eigenvalue weighted by Crippen LogP contribution is 2.40. The van der Waals surface area contributed by atoms with Crippen LogP contribution in [0.4, 0.5) is 10.5 Å². The van der Waals surface area contributed by atoms with Crippen LogP contribution in [-0.2, 0) is 16.1 Å². The predicted octanol–water partition coefficient (Wildman–Crippen LogP) is 3.88. The first-order valence-electron chi connectivity index (χ1n) is 10.4. The smallest absolute Gasteiger partial charge is 0.407 e. The van der Waals surface area contributed by atoms with Crippen molar-refractivity contribution in [2.24, 2.45) is 5.92 Å². The Morgan fingerprint density at radius 1 is 1.20 bits per heavy atom. The van der Waals surface area contributed by atoms with E-state index in [2.05, 4.69) is 35.1 Å². The van der Waals surface area contributed by atoms with Crippen LogP contribution in [0.5, 0.6) is 5.75 Å². The molecule has 0 radical (unpaired) electrons. The van der Waals surface area contributed by atoms with Gasteiger partial charge in [0.15, 0.2) is 0 Å². The molecule has 2 aromatic rings. The monoisotopic (exact) mass is 411 g/mol. The zero-order valence-electron chi connectivity index (χ0n) is 17.8. The number of hydrogen-bond acceptors (Lipinski definition) is 6. The van der Waals surface area contributed by atoms with Gasteiger partial charge in [-0.2, -0.15) is 0 Å². The quantitative estimate of drug-likeness (QED) is 0.524. The molecular weight excluding hydrogens is 382 g/mol. The predicted molar refractivity (Wildman–Crippen MR) is 115 cm³/mol. The largest absolute Gasteiger partial charge is 0.450 e. The highest BCUT2D eigenvalue weighted by molar-refractivity contribution is 5.80. The number of rotatable bonds is 8. The average Bonchev–Trinajstić information content (AvgIpc) is 2.76. The van der Waals surface area contributed by atoms with Crippen LogP contribution in [-0.4, -0.2) is 36.7 Å². The fourth-order valence-corrected chi connectivity index (χ4v) is 3.75. The molecule has 30 heavy (non-hydrogen) atoms. The Bertz CT molecular complexity index is 868. The van der Waals surface area contributed by atoms with Crippen LogP contribution >= 0.6 is 0 Å². The Kier molecular flexibility index (Phi) is 7.27. The molecule has 0 spiro atoms. The third-order valence-electron chi connectivity index (χ3n) is 5.58. The summed E-state index contributed by atoms with van der Waals surface area (Å²) >= 11 is 0. The van der Waals surface area contributed by atoms with Gasteiger partial charge in [0.1, 0.15) is 5.75 Å². The van der Waals surface area contributed by atoms with Gasteiger partial charge in [-0.3, -0.25) is 9.78 Å². The summed E-state index contributed by atoms with van der Waals surface area (Å²) in [5.41, 5.74) is 3.00. The summed E-state index contributed by atoms with van der Waals surface area (Å²) < 4.78 is 10.9. The van der Waals surface area contributed by atoms with Gasteiger partial charge in [-0.15, -0.1) is 0 Å². The molecule has 2 heterocycles. The van der Waals surface area contributed by atoms with Crippen molar-refractivity contribution in [1.82, 2.24) is 10.3 Å². The van der Waals surface area contributed by atoms with Crippen molar-refractivity contribution >= 4 is 17.7 Å². The number of benzene rings is 1. The molecule has 160 valence electrons. The fraction of sp³-hybridized carbons (Fsp3) is 0.435. The maximum absolute atomic E-state index is 12.6. The van der Waals surface area contributed by atoms with Gasteiger partial charge in [-0.25, -0.2) is 4.79 Å². The van der Waals surface area contributed by atoms with E-state index < -0.39 is 6.09 Å². The normalized spacial score (nSPS) is 17.6. The first-order valence-corrected chi connectivity index (χ1v) is 10.4. The van der Waals surface area contributed by atoms with E-state index >= 15 is 0 Å². The molecule has 7 nitrogen and oxygen atoms in total. The van der Waals surface area contributed by atoms with Crippen molar-refractivity contribution in [3.8, 4) is 5.75 Å². The number of amides is 1. The van der Waals surface area contributed by atoms with Crippen molar-refractivity contribution in [1.29, 1.82) is 0 Å². The highest BCUT2D eigenvalue weighted by Gasteiger charge is 2.35. The second kappa shape index (κ2) is 10.1. The SMILES string of the molecule is CCN(CC)c1ccc2c(c1)OC(=O)C(CCOC(=O)NCc1ccncc1)C2C. The fourth-order valence-electron chi connectivity index (χ4n) is 3.75. The van der Waals surface area contributed by atoms with E-state index in [1.165, 1.54) is 0 Å². The average molecular weight is 412 g/mol. The van der Waals surface area contributed by atoms with E-state index in [1.807, 2.05) is 31.2 Å². The minimum Gasteiger partial charge on any atom is -0.450 e. The van der Waals surface area contributed by atoms with Crippen LogP contribution in [0.15, 0.2) is 42.7 Å². The van der Waals surface area contributed by atoms with Crippen LogP contribution in [0.1, 0.15) is 44.2 Å². The molecule has 1 aromatic carbocycles. The third kappa shape index (κ3) is 5.09. The van der Waals surface area contributed by atoms with Crippen molar-refractivity contribution in [2.75, 3.05) is 24.6 Å². The number of hydrogen-bond donors (Lipinski definition) is 1. The van der Waals surface area contributed by atoms with Gasteiger partial charge in [0.2, 0.25) is 0 Å². The number of alkyl carbamates (subject to hydrolysis) is 1. The van der Waals surface area contributed by atoms with Crippen molar-refractivity contribution < 1.29 is 19.1 Å². The lowest BCUT2D eigenvalue weighted by atomic mass is 9.83. The van der Waals surface area contributed by atoms with Gasteiger partial charge < -0.3 is 19.7 Å². The Morgan fingerprint density at radius 2 is 1.93 bits per heavy atom. The maximum atomic E-state index is 12.6. The first kappa shape index (κ1) is 21.6. The van der Waals surface area contributed by atoms with Crippen molar-refractivity contribution in [3.63, 3.8) is 0 Å². The molecule has 7 heteroatoms. The van der Waals surface area contributed by atoms with Gasteiger partial charge >= 0.3 is 12.1 Å². The van der Waals surface area contributed by atoms with Crippen LogP contribution in [0.25, 0.3) is 0 Å². The van der Waals surface area contributed by atoms with Gasteiger partial charge in [0.25, 0.3) is 0 Å². The lowest BCUT2D eigenvalue weighted by molar-refractivity contribution is -0.141. The molecule has 1 amide bonds. The Hall–Kier alpha value is -3.09. The number of carbonyl (C=O) groups excluding carboxylic acids is 2. The number of carbonyl (C=O) groups is 2. The van der Waals surface area contributed by atoms with Crippen LogP contribution < -0.4 is 15.0 Å². The van der Waals surface area contributed by atoms with Crippen LogP contribution in [0, 0.1) is 5.92 Å². The zero-order valence-corrected chi connectivity index (χ0v) is 17.8. The summed E-state index contributed by atoms with van der Waals surface area (Å²) in [5, 5.41) is 2.69. The van der Waals surface area contributed by atoms with E-state index in [0.29, 0.717) is 18.7 Å². The number of fused-ring (bicyclic) bond motifs is 1. The number of anilines is 1. The van der Waals surface area contributed by atoms with Gasteiger partial charge in [0, 0.05) is 43.8 Å². The summed E-state index contributed by atoms with van der Waals surface area (Å²) in [7, 11) is 0.